The van der Waals surface area contributed by atoms with Gasteiger partial charge in [-0.3, -0.25) is 4.79 Å². The minimum absolute atomic E-state index is 0.429. The summed E-state index contributed by atoms with van der Waals surface area (Å²) in [4.78, 5) is 22.3. The zero-order chi connectivity index (χ0) is 16.4. The maximum Gasteiger partial charge on any atom is 0.336 e. The summed E-state index contributed by atoms with van der Waals surface area (Å²) in [6.07, 6.45) is 3.87. The quantitative estimate of drug-likeness (QED) is 0.401. The number of aldehydes is 1. The van der Waals surface area contributed by atoms with Gasteiger partial charge in [-0.25, -0.2) is 4.79 Å². The van der Waals surface area contributed by atoms with Crippen molar-refractivity contribution < 1.29 is 9.21 Å². The van der Waals surface area contributed by atoms with E-state index in [0.717, 1.165) is 33.9 Å². The molecule has 0 amide bonds. The average molecular weight is 325 g/mol. The summed E-state index contributed by atoms with van der Waals surface area (Å²) in [6.45, 7) is 1.90. The highest BCUT2D eigenvalue weighted by Crippen LogP contribution is 2.31. The molecule has 0 aliphatic heterocycles. The number of carbonyl (C=O) groups excluding carboxylic acids is 1. The molecule has 4 heteroatoms. The molecule has 0 radical (unpaired) electrons. The molecule has 1 aromatic heterocycles. The van der Waals surface area contributed by atoms with Crippen LogP contribution in [0.5, 0.6) is 0 Å². The minimum atomic E-state index is -0.429. The largest absolute Gasteiger partial charge is 0.423 e. The number of rotatable bonds is 3. The molecule has 0 aliphatic rings. The van der Waals surface area contributed by atoms with E-state index in [1.807, 2.05) is 37.3 Å². The summed E-state index contributed by atoms with van der Waals surface area (Å²) in [5.74, 6) is 0. The number of benzene rings is 2. The molecule has 1 heterocycles. The topological polar surface area (TPSA) is 47.3 Å². The van der Waals surface area contributed by atoms with Crippen LogP contribution in [-0.2, 0) is 4.79 Å². The van der Waals surface area contributed by atoms with Crippen LogP contribution < -0.4 is 5.63 Å². The summed E-state index contributed by atoms with van der Waals surface area (Å²) in [5.41, 5.74) is 3.46. The Labute approximate surface area is 137 Å². The van der Waals surface area contributed by atoms with Crippen LogP contribution in [0.4, 0.5) is 0 Å². The van der Waals surface area contributed by atoms with Gasteiger partial charge in [0.15, 0.2) is 0 Å². The summed E-state index contributed by atoms with van der Waals surface area (Å²) < 4.78 is 5.25. The summed E-state index contributed by atoms with van der Waals surface area (Å²) in [6, 6.07) is 12.6. The van der Waals surface area contributed by atoms with Crippen LogP contribution in [0.1, 0.15) is 11.1 Å². The first kappa shape index (κ1) is 15.3. The van der Waals surface area contributed by atoms with Crippen molar-refractivity contribution in [2.24, 2.45) is 0 Å². The Morgan fingerprint density at radius 1 is 1.13 bits per heavy atom. The highest BCUT2D eigenvalue weighted by atomic mass is 35.5. The van der Waals surface area contributed by atoms with Gasteiger partial charge in [-0.15, -0.1) is 0 Å². The zero-order valence-electron chi connectivity index (χ0n) is 12.4. The second-order valence-electron chi connectivity index (χ2n) is 5.20. The van der Waals surface area contributed by atoms with Crippen molar-refractivity contribution >= 4 is 34.9 Å². The Morgan fingerprint density at radius 3 is 2.74 bits per heavy atom. The first-order chi connectivity index (χ1) is 11.1. The Kier molecular flexibility index (Phi) is 4.13. The van der Waals surface area contributed by atoms with Gasteiger partial charge in [-0.05, 0) is 47.4 Å². The fraction of sp³-hybridized carbons (Fsp3) is 0.0526. The first-order valence-corrected chi connectivity index (χ1v) is 7.42. The predicted octanol–water partition coefficient (Wildman–Crippen LogP) is 4.63. The molecule has 0 spiro atoms. The number of fused-ring (bicyclic) bond motifs is 1. The van der Waals surface area contributed by atoms with Gasteiger partial charge < -0.3 is 4.42 Å². The molecule has 0 unspecified atom stereocenters. The van der Waals surface area contributed by atoms with Gasteiger partial charge in [-0.2, -0.15) is 0 Å². The third-order valence-corrected chi connectivity index (χ3v) is 4.00. The molecule has 0 bridgehead atoms. The third kappa shape index (κ3) is 3.10. The van der Waals surface area contributed by atoms with E-state index < -0.39 is 5.63 Å². The number of allylic oxidation sites excluding steroid dienone is 1. The van der Waals surface area contributed by atoms with Crippen LogP contribution in [0.15, 0.2) is 57.8 Å². The lowest BCUT2D eigenvalue weighted by Gasteiger charge is -2.08. The van der Waals surface area contributed by atoms with E-state index >= 15 is 0 Å². The van der Waals surface area contributed by atoms with Gasteiger partial charge in [0.2, 0.25) is 0 Å². The van der Waals surface area contributed by atoms with Crippen molar-refractivity contribution in [3.05, 3.63) is 75.1 Å². The summed E-state index contributed by atoms with van der Waals surface area (Å²) in [5, 5.41) is 1.38. The number of aryl methyl sites for hydroxylation is 1. The summed E-state index contributed by atoms with van der Waals surface area (Å²) in [7, 11) is 0. The maximum atomic E-state index is 11.9. The van der Waals surface area contributed by atoms with E-state index in [1.165, 1.54) is 12.1 Å². The van der Waals surface area contributed by atoms with Crippen molar-refractivity contribution in [1.29, 1.82) is 0 Å². The highest BCUT2D eigenvalue weighted by molar-refractivity contribution is 6.32. The van der Waals surface area contributed by atoms with Gasteiger partial charge >= 0.3 is 5.63 Å². The molecule has 114 valence electrons. The van der Waals surface area contributed by atoms with E-state index in [4.69, 9.17) is 16.0 Å². The lowest BCUT2D eigenvalue weighted by molar-refractivity contribution is -0.104. The van der Waals surface area contributed by atoms with E-state index in [1.54, 1.807) is 12.1 Å². The minimum Gasteiger partial charge on any atom is -0.423 e. The number of carbonyl (C=O) groups is 1. The van der Waals surface area contributed by atoms with Crippen molar-refractivity contribution in [3.8, 4) is 11.1 Å². The number of hydrogen-bond donors (Lipinski definition) is 0. The lowest BCUT2D eigenvalue weighted by Crippen LogP contribution is -1.98. The lowest BCUT2D eigenvalue weighted by atomic mass is 9.99. The predicted molar refractivity (Wildman–Crippen MR) is 92.8 cm³/mol. The summed E-state index contributed by atoms with van der Waals surface area (Å²) >= 11 is 6.12. The molecule has 3 aromatic rings. The van der Waals surface area contributed by atoms with E-state index in [-0.39, 0.29) is 0 Å². The average Bonchev–Trinajstić information content (AvgIpc) is 2.54. The van der Waals surface area contributed by atoms with Gasteiger partial charge in [0, 0.05) is 22.5 Å². The molecular formula is C19H13ClO3. The van der Waals surface area contributed by atoms with E-state index in [9.17, 15) is 9.59 Å². The van der Waals surface area contributed by atoms with E-state index in [0.29, 0.717) is 10.6 Å². The van der Waals surface area contributed by atoms with Crippen LogP contribution in [-0.4, -0.2) is 6.29 Å². The van der Waals surface area contributed by atoms with Crippen LogP contribution >= 0.6 is 11.6 Å². The fourth-order valence-corrected chi connectivity index (χ4v) is 2.64. The standard InChI is InChI=1S/C19H13ClO3/c1-12-8-16-15(10-19(22)23-18(16)11-17(12)20)14-6-2-4-13(9-14)5-3-7-21/h2-11H,1H3/b5-3+. The maximum absolute atomic E-state index is 11.9. The number of hydrogen-bond acceptors (Lipinski definition) is 3. The van der Waals surface area contributed by atoms with E-state index in [2.05, 4.69) is 0 Å². The molecule has 0 saturated carbocycles. The van der Waals surface area contributed by atoms with Gasteiger partial charge in [0.1, 0.15) is 11.9 Å². The molecule has 2 aromatic carbocycles. The van der Waals surface area contributed by atoms with Gasteiger partial charge in [0.05, 0.1) is 0 Å². The second-order valence-corrected chi connectivity index (χ2v) is 5.60. The Bertz CT molecular complexity index is 984. The van der Waals surface area contributed by atoms with Crippen molar-refractivity contribution in [1.82, 2.24) is 0 Å². The van der Waals surface area contributed by atoms with Crippen molar-refractivity contribution in [2.75, 3.05) is 0 Å². The van der Waals surface area contributed by atoms with Crippen LogP contribution in [0.2, 0.25) is 5.02 Å². The molecule has 3 rings (SSSR count). The van der Waals surface area contributed by atoms with Gasteiger partial charge in [-0.1, -0.05) is 35.9 Å². The zero-order valence-corrected chi connectivity index (χ0v) is 13.1. The molecule has 0 fully saturated rings. The monoisotopic (exact) mass is 324 g/mol. The smallest absolute Gasteiger partial charge is 0.336 e. The van der Waals surface area contributed by atoms with Crippen LogP contribution in [0.25, 0.3) is 28.2 Å². The first-order valence-electron chi connectivity index (χ1n) is 7.05. The SMILES string of the molecule is Cc1cc2c(-c3cccc(/C=C/C=O)c3)cc(=O)oc2cc1Cl. The fourth-order valence-electron chi connectivity index (χ4n) is 2.49. The molecule has 0 aliphatic carbocycles. The van der Waals surface area contributed by atoms with Gasteiger partial charge in [0.25, 0.3) is 0 Å². The van der Waals surface area contributed by atoms with Crippen molar-refractivity contribution in [3.63, 3.8) is 0 Å². The normalized spacial score (nSPS) is 11.2. The molecule has 0 N–H and O–H groups in total. The highest BCUT2D eigenvalue weighted by Gasteiger charge is 2.10. The molecule has 23 heavy (non-hydrogen) atoms. The molecule has 0 atom stereocenters. The number of halogens is 1. The van der Waals surface area contributed by atoms with Crippen LogP contribution in [0.3, 0.4) is 0 Å². The van der Waals surface area contributed by atoms with Crippen LogP contribution in [0, 0.1) is 6.92 Å². The Balaban J connectivity index is 2.27. The Hall–Kier alpha value is -2.65. The Morgan fingerprint density at radius 2 is 1.96 bits per heavy atom. The molecule has 3 nitrogen and oxygen atoms in total. The third-order valence-electron chi connectivity index (χ3n) is 3.59. The molecule has 0 saturated heterocycles. The second kappa shape index (κ2) is 6.23. The van der Waals surface area contributed by atoms with Crippen molar-refractivity contribution in [2.45, 2.75) is 6.92 Å². The molecular weight excluding hydrogens is 312 g/mol.